The van der Waals surface area contributed by atoms with Gasteiger partial charge in [0.15, 0.2) is 0 Å². The molecular weight excluding hydrogens is 250 g/mol. The van der Waals surface area contributed by atoms with Crippen LogP contribution in [0.25, 0.3) is 0 Å². The van der Waals surface area contributed by atoms with Gasteiger partial charge in [-0.25, -0.2) is 0 Å². The maximum absolute atomic E-state index is 5.88. The Hall–Kier alpha value is -1.45. The molecule has 1 fully saturated rings. The van der Waals surface area contributed by atoms with Crippen molar-refractivity contribution in [2.45, 2.75) is 52.6 Å². The summed E-state index contributed by atoms with van der Waals surface area (Å²) in [5, 5.41) is 3.44. The van der Waals surface area contributed by atoms with Gasteiger partial charge in [0.1, 0.15) is 5.82 Å². The molecule has 20 heavy (non-hydrogen) atoms. The Morgan fingerprint density at radius 2 is 2.10 bits per heavy atom. The molecule has 1 heterocycles. The molecule has 1 aromatic heterocycles. The van der Waals surface area contributed by atoms with E-state index >= 15 is 0 Å². The van der Waals surface area contributed by atoms with Crippen LogP contribution in [0, 0.1) is 11.8 Å². The van der Waals surface area contributed by atoms with Crippen LogP contribution in [0.3, 0.4) is 0 Å². The van der Waals surface area contributed by atoms with E-state index in [2.05, 4.69) is 17.2 Å². The minimum Gasteiger partial charge on any atom is -0.473 e. The quantitative estimate of drug-likeness (QED) is 0.861. The third-order valence-corrected chi connectivity index (χ3v) is 4.07. The molecule has 2 atom stereocenters. The van der Waals surface area contributed by atoms with E-state index in [1.165, 1.54) is 25.7 Å². The number of nitrogen functional groups attached to an aromatic ring is 1. The van der Waals surface area contributed by atoms with Gasteiger partial charge in [-0.3, -0.25) is 0 Å². The zero-order chi connectivity index (χ0) is 14.5. The molecule has 4 nitrogen and oxygen atoms in total. The molecule has 0 bridgehead atoms. The van der Waals surface area contributed by atoms with Crippen LogP contribution in [-0.4, -0.2) is 17.6 Å². The molecule has 1 aliphatic rings. The summed E-state index contributed by atoms with van der Waals surface area (Å²) < 4.78 is 5.62. The van der Waals surface area contributed by atoms with E-state index < -0.39 is 0 Å². The van der Waals surface area contributed by atoms with Crippen LogP contribution in [0.4, 0.5) is 11.5 Å². The van der Waals surface area contributed by atoms with Crippen molar-refractivity contribution in [3.05, 3.63) is 12.1 Å². The largest absolute Gasteiger partial charge is 0.473 e. The summed E-state index contributed by atoms with van der Waals surface area (Å²) in [5.41, 5.74) is 6.48. The Morgan fingerprint density at radius 1 is 1.35 bits per heavy atom. The predicted octanol–water partition coefficient (Wildman–Crippen LogP) is 3.69. The topological polar surface area (TPSA) is 60.2 Å². The van der Waals surface area contributed by atoms with Gasteiger partial charge in [0.05, 0.1) is 11.8 Å². The Bertz CT molecular complexity index is 434. The Labute approximate surface area is 122 Å². The Balaban J connectivity index is 1.95. The van der Waals surface area contributed by atoms with E-state index in [4.69, 9.17) is 10.5 Å². The number of ether oxygens (including phenoxy) is 1. The van der Waals surface area contributed by atoms with Gasteiger partial charge < -0.3 is 15.8 Å². The maximum atomic E-state index is 5.88. The first-order chi connectivity index (χ1) is 9.56. The molecule has 0 saturated heterocycles. The van der Waals surface area contributed by atoms with Crippen LogP contribution in [0.15, 0.2) is 12.1 Å². The zero-order valence-electron chi connectivity index (χ0n) is 12.9. The van der Waals surface area contributed by atoms with Crippen LogP contribution in [0.2, 0.25) is 0 Å². The SMILES string of the molecule is CC(C)Oc1nc(NCC2CCCCC2C)ccc1N. The second kappa shape index (κ2) is 6.82. The number of pyridine rings is 1. The summed E-state index contributed by atoms with van der Waals surface area (Å²) in [7, 11) is 0. The molecule has 2 unspecified atom stereocenters. The van der Waals surface area contributed by atoms with Crippen LogP contribution in [-0.2, 0) is 0 Å². The van der Waals surface area contributed by atoms with Crippen molar-refractivity contribution in [1.82, 2.24) is 4.98 Å². The lowest BCUT2D eigenvalue weighted by molar-refractivity contribution is 0.234. The zero-order valence-corrected chi connectivity index (χ0v) is 12.9. The molecule has 0 aliphatic heterocycles. The lowest BCUT2D eigenvalue weighted by Crippen LogP contribution is -2.24. The van der Waals surface area contributed by atoms with Gasteiger partial charge >= 0.3 is 0 Å². The van der Waals surface area contributed by atoms with Crippen LogP contribution >= 0.6 is 0 Å². The van der Waals surface area contributed by atoms with Crippen LogP contribution in [0.1, 0.15) is 46.5 Å². The van der Waals surface area contributed by atoms with Gasteiger partial charge in [-0.1, -0.05) is 26.2 Å². The minimum atomic E-state index is 0.0819. The average molecular weight is 277 g/mol. The molecule has 4 heteroatoms. The third-order valence-electron chi connectivity index (χ3n) is 4.07. The maximum Gasteiger partial charge on any atom is 0.239 e. The lowest BCUT2D eigenvalue weighted by Gasteiger charge is -2.29. The van der Waals surface area contributed by atoms with Crippen molar-refractivity contribution in [3.63, 3.8) is 0 Å². The third kappa shape index (κ3) is 4.02. The summed E-state index contributed by atoms with van der Waals surface area (Å²) in [6, 6.07) is 3.79. The van der Waals surface area contributed by atoms with Crippen molar-refractivity contribution < 1.29 is 4.74 Å². The molecule has 112 valence electrons. The lowest BCUT2D eigenvalue weighted by atomic mass is 9.80. The van der Waals surface area contributed by atoms with E-state index in [0.717, 1.165) is 24.2 Å². The molecule has 0 aromatic carbocycles. The van der Waals surface area contributed by atoms with Crippen LogP contribution in [0.5, 0.6) is 5.88 Å². The molecule has 0 amide bonds. The normalized spacial score (nSPS) is 22.8. The number of nitrogens with one attached hydrogen (secondary N) is 1. The van der Waals surface area contributed by atoms with Crippen molar-refractivity contribution in [2.24, 2.45) is 11.8 Å². The molecule has 0 spiro atoms. The van der Waals surface area contributed by atoms with Crippen molar-refractivity contribution >= 4 is 11.5 Å². The number of nitrogens with zero attached hydrogens (tertiary/aromatic N) is 1. The molecule has 1 aromatic rings. The van der Waals surface area contributed by atoms with Crippen molar-refractivity contribution in [3.8, 4) is 5.88 Å². The first-order valence-electron chi connectivity index (χ1n) is 7.73. The smallest absolute Gasteiger partial charge is 0.239 e. The molecular formula is C16H27N3O. The van der Waals surface area contributed by atoms with E-state index in [9.17, 15) is 0 Å². The van der Waals surface area contributed by atoms with Crippen LogP contribution < -0.4 is 15.8 Å². The van der Waals surface area contributed by atoms with Gasteiger partial charge in [-0.05, 0) is 44.2 Å². The highest BCUT2D eigenvalue weighted by Crippen LogP contribution is 2.30. The number of rotatable bonds is 5. The van der Waals surface area contributed by atoms with Gasteiger partial charge in [0.25, 0.3) is 0 Å². The molecule has 2 rings (SSSR count). The molecule has 1 aliphatic carbocycles. The first kappa shape index (κ1) is 14.9. The summed E-state index contributed by atoms with van der Waals surface area (Å²) in [6.45, 7) is 7.30. The number of hydrogen-bond acceptors (Lipinski definition) is 4. The van der Waals surface area contributed by atoms with Gasteiger partial charge in [-0.15, -0.1) is 0 Å². The number of hydrogen-bond donors (Lipinski definition) is 2. The second-order valence-electron chi connectivity index (χ2n) is 6.16. The van der Waals surface area contributed by atoms with E-state index in [0.29, 0.717) is 11.6 Å². The van der Waals surface area contributed by atoms with E-state index in [1.807, 2.05) is 26.0 Å². The predicted molar refractivity (Wildman–Crippen MR) is 84.0 cm³/mol. The summed E-state index contributed by atoms with van der Waals surface area (Å²) in [6.07, 6.45) is 5.48. The Kier molecular flexibility index (Phi) is 5.10. The van der Waals surface area contributed by atoms with Crippen molar-refractivity contribution in [1.29, 1.82) is 0 Å². The average Bonchev–Trinajstić information content (AvgIpc) is 2.40. The summed E-state index contributed by atoms with van der Waals surface area (Å²) >= 11 is 0. The summed E-state index contributed by atoms with van der Waals surface area (Å²) in [5.74, 6) is 2.93. The fraction of sp³-hybridized carbons (Fsp3) is 0.688. The number of nitrogens with two attached hydrogens (primary N) is 1. The van der Waals surface area contributed by atoms with Gasteiger partial charge in [0, 0.05) is 6.54 Å². The monoisotopic (exact) mass is 277 g/mol. The highest BCUT2D eigenvalue weighted by Gasteiger charge is 2.21. The molecule has 0 radical (unpaired) electrons. The van der Waals surface area contributed by atoms with E-state index in [-0.39, 0.29) is 6.10 Å². The standard InChI is InChI=1S/C16H27N3O/c1-11(2)20-16-14(17)8-9-15(19-16)18-10-13-7-5-4-6-12(13)3/h8-9,11-13H,4-7,10,17H2,1-3H3,(H,18,19). The highest BCUT2D eigenvalue weighted by atomic mass is 16.5. The fourth-order valence-corrected chi connectivity index (χ4v) is 2.80. The minimum absolute atomic E-state index is 0.0819. The van der Waals surface area contributed by atoms with Crippen molar-refractivity contribution in [2.75, 3.05) is 17.6 Å². The van der Waals surface area contributed by atoms with E-state index in [1.54, 1.807) is 0 Å². The molecule has 1 saturated carbocycles. The highest BCUT2D eigenvalue weighted by molar-refractivity contribution is 5.53. The fourth-order valence-electron chi connectivity index (χ4n) is 2.80. The first-order valence-corrected chi connectivity index (χ1v) is 7.73. The number of anilines is 2. The second-order valence-corrected chi connectivity index (χ2v) is 6.16. The summed E-state index contributed by atoms with van der Waals surface area (Å²) in [4.78, 5) is 4.46. The Morgan fingerprint density at radius 3 is 2.80 bits per heavy atom. The van der Waals surface area contributed by atoms with Gasteiger partial charge in [-0.2, -0.15) is 4.98 Å². The number of aromatic nitrogens is 1. The van der Waals surface area contributed by atoms with Gasteiger partial charge in [0.2, 0.25) is 5.88 Å². The molecule has 3 N–H and O–H groups in total.